The summed E-state index contributed by atoms with van der Waals surface area (Å²) in [5.74, 6) is 0.153. The van der Waals surface area contributed by atoms with E-state index in [9.17, 15) is 13.2 Å². The van der Waals surface area contributed by atoms with Crippen molar-refractivity contribution in [3.05, 3.63) is 59.2 Å². The first-order valence-electron chi connectivity index (χ1n) is 9.18. The predicted octanol–water partition coefficient (Wildman–Crippen LogP) is 4.50. The maximum absolute atomic E-state index is 12.4. The van der Waals surface area contributed by atoms with Crippen molar-refractivity contribution in [3.63, 3.8) is 0 Å². The van der Waals surface area contributed by atoms with Crippen molar-refractivity contribution in [1.82, 2.24) is 10.2 Å². The molecule has 0 atom stereocenters. The molecule has 3 aromatic rings. The second-order valence-corrected chi connectivity index (χ2v) is 10.6. The molecule has 0 aliphatic heterocycles. The van der Waals surface area contributed by atoms with Crippen LogP contribution in [-0.4, -0.2) is 36.4 Å². The average molecular weight is 463 g/mol. The van der Waals surface area contributed by atoms with E-state index in [0.29, 0.717) is 20.7 Å². The van der Waals surface area contributed by atoms with Gasteiger partial charge in [-0.25, -0.2) is 8.42 Å². The molecule has 2 aromatic carbocycles. The summed E-state index contributed by atoms with van der Waals surface area (Å²) in [6, 6.07) is 12.5. The van der Waals surface area contributed by atoms with Crippen LogP contribution in [0.5, 0.6) is 0 Å². The lowest BCUT2D eigenvalue weighted by Gasteiger charge is -2.11. The maximum Gasteiger partial charge on any atom is 0.229 e. The number of benzene rings is 2. The summed E-state index contributed by atoms with van der Waals surface area (Å²) >= 11 is 2.73. The Morgan fingerprint density at radius 2 is 1.87 bits per heavy atom. The van der Waals surface area contributed by atoms with Crippen LogP contribution in [0.2, 0.25) is 0 Å². The normalized spacial score (nSPS) is 11.3. The van der Waals surface area contributed by atoms with Crippen molar-refractivity contribution < 1.29 is 13.2 Å². The van der Waals surface area contributed by atoms with Crippen molar-refractivity contribution in [1.29, 1.82) is 0 Å². The highest BCUT2D eigenvalue weighted by Gasteiger charge is 2.12. The van der Waals surface area contributed by atoms with E-state index in [1.165, 1.54) is 28.7 Å². The number of nitrogens with zero attached hydrogens (tertiary/aromatic N) is 2. The predicted molar refractivity (Wildman–Crippen MR) is 124 cm³/mol. The molecule has 2 N–H and O–H groups in total. The number of rotatable bonds is 9. The van der Waals surface area contributed by atoms with E-state index in [2.05, 4.69) is 33.2 Å². The molecule has 158 valence electrons. The maximum atomic E-state index is 12.4. The molecule has 3 rings (SSSR count). The van der Waals surface area contributed by atoms with E-state index < -0.39 is 10.0 Å². The number of hydrogen-bond acceptors (Lipinski definition) is 8. The molecule has 0 amide bonds. The second-order valence-electron chi connectivity index (χ2n) is 6.62. The van der Waals surface area contributed by atoms with Crippen LogP contribution < -0.4 is 10.0 Å². The highest BCUT2D eigenvalue weighted by molar-refractivity contribution is 8.01. The van der Waals surface area contributed by atoms with Gasteiger partial charge in [-0.1, -0.05) is 48.2 Å². The third-order valence-corrected chi connectivity index (χ3v) is 6.79. The molecule has 0 spiro atoms. The van der Waals surface area contributed by atoms with Crippen LogP contribution in [0.3, 0.4) is 0 Å². The zero-order chi connectivity index (χ0) is 21.7. The van der Waals surface area contributed by atoms with Crippen LogP contribution in [-0.2, 0) is 16.4 Å². The molecule has 0 fully saturated rings. The molecule has 0 saturated heterocycles. The topological polar surface area (TPSA) is 101 Å². The highest BCUT2D eigenvalue weighted by Crippen LogP contribution is 2.31. The minimum Gasteiger partial charge on any atom is -0.330 e. The van der Waals surface area contributed by atoms with Gasteiger partial charge in [0.05, 0.1) is 12.0 Å². The smallest absolute Gasteiger partial charge is 0.229 e. The average Bonchev–Trinajstić information content (AvgIpc) is 3.14. The molecule has 0 unspecified atom stereocenters. The quantitative estimate of drug-likeness (QED) is 0.357. The van der Waals surface area contributed by atoms with Gasteiger partial charge in [-0.05, 0) is 48.7 Å². The standard InChI is InChI=1S/C20H22N4O3S3/c1-4-14-7-5-6-13(2)18(14)21-19-22-23-20(29-19)28-12-17(25)15-8-10-16(11-9-15)24-30(3,26)27/h5-11,24H,4,12H2,1-3H3,(H,21,22). The Balaban J connectivity index is 1.60. The zero-order valence-corrected chi connectivity index (χ0v) is 19.2. The minimum atomic E-state index is -3.34. The summed E-state index contributed by atoms with van der Waals surface area (Å²) in [4.78, 5) is 12.4. The Labute approximate surface area is 184 Å². The van der Waals surface area contributed by atoms with Crippen molar-refractivity contribution in [2.45, 2.75) is 24.6 Å². The molecule has 1 heterocycles. The second kappa shape index (κ2) is 9.59. The van der Waals surface area contributed by atoms with Crippen LogP contribution in [0.15, 0.2) is 46.8 Å². The van der Waals surface area contributed by atoms with Gasteiger partial charge in [0.1, 0.15) is 0 Å². The lowest BCUT2D eigenvalue weighted by atomic mass is 10.1. The molecular formula is C20H22N4O3S3. The number of anilines is 3. The Morgan fingerprint density at radius 3 is 2.53 bits per heavy atom. The summed E-state index contributed by atoms with van der Waals surface area (Å²) in [5, 5.41) is 12.4. The van der Waals surface area contributed by atoms with Crippen molar-refractivity contribution in [2.24, 2.45) is 0 Å². The zero-order valence-electron chi connectivity index (χ0n) is 16.8. The molecule has 0 bridgehead atoms. The van der Waals surface area contributed by atoms with Crippen LogP contribution >= 0.6 is 23.1 Å². The SMILES string of the molecule is CCc1cccc(C)c1Nc1nnc(SCC(=O)c2ccc(NS(C)(=O)=O)cc2)s1. The number of carbonyl (C=O) groups excluding carboxylic acids is 1. The van der Waals surface area contributed by atoms with Gasteiger partial charge in [0, 0.05) is 16.9 Å². The number of Topliss-reactive ketones (excluding diaryl/α,β-unsaturated/α-hetero) is 1. The summed E-state index contributed by atoms with van der Waals surface area (Å²) in [5.41, 5.74) is 4.33. The number of thioether (sulfide) groups is 1. The van der Waals surface area contributed by atoms with Gasteiger partial charge in [0.25, 0.3) is 0 Å². The lowest BCUT2D eigenvalue weighted by Crippen LogP contribution is -2.10. The van der Waals surface area contributed by atoms with E-state index in [1.54, 1.807) is 24.3 Å². The van der Waals surface area contributed by atoms with Gasteiger partial charge < -0.3 is 5.32 Å². The van der Waals surface area contributed by atoms with Crippen LogP contribution in [0.4, 0.5) is 16.5 Å². The van der Waals surface area contributed by atoms with E-state index in [4.69, 9.17) is 0 Å². The first-order chi connectivity index (χ1) is 14.2. The molecule has 0 aliphatic rings. The third-order valence-electron chi connectivity index (χ3n) is 4.22. The molecular weight excluding hydrogens is 440 g/mol. The fraction of sp³-hybridized carbons (Fsp3) is 0.250. The number of ketones is 1. The number of nitrogens with one attached hydrogen (secondary N) is 2. The van der Waals surface area contributed by atoms with Gasteiger partial charge in [-0.2, -0.15) is 0 Å². The van der Waals surface area contributed by atoms with E-state index in [1.807, 2.05) is 19.1 Å². The van der Waals surface area contributed by atoms with Crippen LogP contribution in [0.25, 0.3) is 0 Å². The number of hydrogen-bond donors (Lipinski definition) is 2. The van der Waals surface area contributed by atoms with E-state index in [-0.39, 0.29) is 11.5 Å². The monoisotopic (exact) mass is 462 g/mol. The Hall–Kier alpha value is -2.43. The molecule has 7 nitrogen and oxygen atoms in total. The summed E-state index contributed by atoms with van der Waals surface area (Å²) in [6.07, 6.45) is 1.99. The molecule has 0 saturated carbocycles. The minimum absolute atomic E-state index is 0.0669. The van der Waals surface area contributed by atoms with Crippen molar-refractivity contribution >= 4 is 55.4 Å². The number of para-hydroxylation sites is 1. The summed E-state index contributed by atoms with van der Waals surface area (Å²) < 4.78 is 25.6. The number of aryl methyl sites for hydroxylation is 2. The molecule has 0 radical (unpaired) electrons. The number of aromatic nitrogens is 2. The van der Waals surface area contributed by atoms with E-state index >= 15 is 0 Å². The van der Waals surface area contributed by atoms with Crippen LogP contribution in [0.1, 0.15) is 28.4 Å². The molecule has 1 aromatic heterocycles. The Kier molecular flexibility index (Phi) is 7.11. The Bertz CT molecular complexity index is 1140. The Morgan fingerprint density at radius 1 is 1.13 bits per heavy atom. The lowest BCUT2D eigenvalue weighted by molar-refractivity contribution is 0.102. The van der Waals surface area contributed by atoms with Crippen molar-refractivity contribution in [2.75, 3.05) is 22.0 Å². The summed E-state index contributed by atoms with van der Waals surface area (Å²) in [6.45, 7) is 4.16. The van der Waals surface area contributed by atoms with Gasteiger partial charge in [-0.3, -0.25) is 9.52 Å². The number of sulfonamides is 1. The van der Waals surface area contributed by atoms with Crippen LogP contribution in [0, 0.1) is 6.92 Å². The molecule has 30 heavy (non-hydrogen) atoms. The highest BCUT2D eigenvalue weighted by atomic mass is 32.2. The van der Waals surface area contributed by atoms with E-state index in [0.717, 1.165) is 23.9 Å². The van der Waals surface area contributed by atoms with Gasteiger partial charge in [0.2, 0.25) is 15.2 Å². The largest absolute Gasteiger partial charge is 0.330 e. The first-order valence-corrected chi connectivity index (χ1v) is 12.9. The van der Waals surface area contributed by atoms with Crippen molar-refractivity contribution in [3.8, 4) is 0 Å². The summed E-state index contributed by atoms with van der Waals surface area (Å²) in [7, 11) is -3.34. The van der Waals surface area contributed by atoms with Gasteiger partial charge in [-0.15, -0.1) is 10.2 Å². The van der Waals surface area contributed by atoms with Gasteiger partial charge in [0.15, 0.2) is 10.1 Å². The third kappa shape index (κ3) is 6.04. The van der Waals surface area contributed by atoms with Gasteiger partial charge >= 0.3 is 0 Å². The first kappa shape index (κ1) is 22.3. The number of carbonyl (C=O) groups is 1. The fourth-order valence-corrected chi connectivity index (χ4v) is 4.99. The molecule has 0 aliphatic carbocycles. The molecule has 10 heteroatoms. The fourth-order valence-electron chi connectivity index (χ4n) is 2.78.